The lowest BCUT2D eigenvalue weighted by Gasteiger charge is -2.16. The fraction of sp³-hybridized carbons (Fsp3) is 0.263. The summed E-state index contributed by atoms with van der Waals surface area (Å²) < 4.78 is 18.2. The number of aliphatic carboxylic acids is 1. The van der Waals surface area contributed by atoms with Crippen molar-refractivity contribution < 1.29 is 23.8 Å². The number of carboxylic acids is 1. The second-order valence-electron chi connectivity index (χ2n) is 6.10. The molecule has 2 aromatic rings. The number of carboxylic acid groups (broad SMARTS) is 1. The van der Waals surface area contributed by atoms with E-state index in [0.717, 1.165) is 24.0 Å². The van der Waals surface area contributed by atoms with E-state index in [1.807, 2.05) is 6.07 Å². The molecule has 1 fully saturated rings. The molecule has 25 heavy (non-hydrogen) atoms. The SMILES string of the molecule is O=C(O)COc1cccc(CNC(=O)C2(c3ccc(F)cc3)CC2)c1. The summed E-state index contributed by atoms with van der Waals surface area (Å²) in [6, 6.07) is 13.0. The largest absolute Gasteiger partial charge is 0.482 e. The molecule has 0 heterocycles. The molecule has 130 valence electrons. The summed E-state index contributed by atoms with van der Waals surface area (Å²) >= 11 is 0. The third kappa shape index (κ3) is 3.96. The Kier molecular flexibility index (Phi) is 4.70. The number of ether oxygens (including phenoxy) is 1. The molecule has 0 saturated heterocycles. The molecule has 0 aromatic heterocycles. The van der Waals surface area contributed by atoms with E-state index in [0.29, 0.717) is 12.3 Å². The van der Waals surface area contributed by atoms with E-state index in [1.54, 1.807) is 30.3 Å². The number of rotatable bonds is 7. The summed E-state index contributed by atoms with van der Waals surface area (Å²) in [5.74, 6) is -1.02. The molecule has 0 spiro atoms. The Morgan fingerprint density at radius 1 is 1.16 bits per heavy atom. The highest BCUT2D eigenvalue weighted by molar-refractivity contribution is 5.91. The monoisotopic (exact) mass is 343 g/mol. The van der Waals surface area contributed by atoms with E-state index in [2.05, 4.69) is 5.32 Å². The van der Waals surface area contributed by atoms with Crippen LogP contribution < -0.4 is 10.1 Å². The Hall–Kier alpha value is -2.89. The Bertz CT molecular complexity index is 784. The van der Waals surface area contributed by atoms with Crippen molar-refractivity contribution in [1.29, 1.82) is 0 Å². The molecule has 0 aliphatic heterocycles. The molecule has 1 aliphatic carbocycles. The van der Waals surface area contributed by atoms with E-state index in [9.17, 15) is 14.0 Å². The van der Waals surface area contributed by atoms with Crippen molar-refractivity contribution in [2.75, 3.05) is 6.61 Å². The molecule has 1 aliphatic rings. The van der Waals surface area contributed by atoms with Gasteiger partial charge < -0.3 is 15.2 Å². The van der Waals surface area contributed by atoms with Crippen molar-refractivity contribution in [1.82, 2.24) is 5.32 Å². The minimum atomic E-state index is -1.05. The van der Waals surface area contributed by atoms with E-state index in [-0.39, 0.29) is 11.7 Å². The fourth-order valence-corrected chi connectivity index (χ4v) is 2.78. The molecule has 1 saturated carbocycles. The quantitative estimate of drug-likeness (QED) is 0.810. The molecule has 0 bridgehead atoms. The fourth-order valence-electron chi connectivity index (χ4n) is 2.78. The van der Waals surface area contributed by atoms with Gasteiger partial charge >= 0.3 is 5.97 Å². The van der Waals surface area contributed by atoms with Crippen LogP contribution in [0.2, 0.25) is 0 Å². The standard InChI is InChI=1S/C19H18FNO4/c20-15-6-4-14(5-7-15)19(8-9-19)18(24)21-11-13-2-1-3-16(10-13)25-12-17(22)23/h1-7,10H,8-9,11-12H2,(H,21,24)(H,22,23). The van der Waals surface area contributed by atoms with Crippen LogP contribution in [0.25, 0.3) is 0 Å². The molecule has 5 nitrogen and oxygen atoms in total. The van der Waals surface area contributed by atoms with Crippen molar-refractivity contribution >= 4 is 11.9 Å². The van der Waals surface area contributed by atoms with Gasteiger partial charge in [0, 0.05) is 6.54 Å². The summed E-state index contributed by atoms with van der Waals surface area (Å²) in [7, 11) is 0. The Morgan fingerprint density at radius 2 is 1.88 bits per heavy atom. The molecule has 0 unspecified atom stereocenters. The van der Waals surface area contributed by atoms with E-state index >= 15 is 0 Å². The zero-order valence-corrected chi connectivity index (χ0v) is 13.5. The van der Waals surface area contributed by atoms with Crippen molar-refractivity contribution in [2.24, 2.45) is 0 Å². The lowest BCUT2D eigenvalue weighted by Crippen LogP contribution is -2.34. The highest BCUT2D eigenvalue weighted by Crippen LogP contribution is 2.48. The second kappa shape index (κ2) is 6.93. The molecule has 6 heteroatoms. The minimum Gasteiger partial charge on any atom is -0.482 e. The number of carbonyl (C=O) groups is 2. The van der Waals surface area contributed by atoms with Gasteiger partial charge in [0.25, 0.3) is 0 Å². The van der Waals surface area contributed by atoms with Crippen LogP contribution in [0.3, 0.4) is 0 Å². The highest BCUT2D eigenvalue weighted by atomic mass is 19.1. The van der Waals surface area contributed by atoms with E-state index < -0.39 is 18.0 Å². The lowest BCUT2D eigenvalue weighted by atomic mass is 9.95. The molecular formula is C19H18FNO4. The maximum absolute atomic E-state index is 13.1. The van der Waals surface area contributed by atoms with Gasteiger partial charge in [-0.1, -0.05) is 24.3 Å². The normalized spacial score (nSPS) is 14.6. The first-order valence-corrected chi connectivity index (χ1v) is 7.97. The van der Waals surface area contributed by atoms with Crippen LogP contribution in [0, 0.1) is 5.82 Å². The van der Waals surface area contributed by atoms with Gasteiger partial charge in [0.05, 0.1) is 5.41 Å². The van der Waals surface area contributed by atoms with Crippen LogP contribution in [0.15, 0.2) is 48.5 Å². The molecule has 0 atom stereocenters. The number of carbonyl (C=O) groups excluding carboxylic acids is 1. The number of hydrogen-bond acceptors (Lipinski definition) is 3. The van der Waals surface area contributed by atoms with Crippen molar-refractivity contribution in [3.8, 4) is 5.75 Å². The lowest BCUT2D eigenvalue weighted by molar-refractivity contribution is -0.139. The predicted octanol–water partition coefficient (Wildman–Crippen LogP) is 2.64. The smallest absolute Gasteiger partial charge is 0.341 e. The van der Waals surface area contributed by atoms with Crippen LogP contribution in [0.5, 0.6) is 5.75 Å². The number of halogens is 1. The van der Waals surface area contributed by atoms with Crippen molar-refractivity contribution in [3.05, 3.63) is 65.5 Å². The summed E-state index contributed by atoms with van der Waals surface area (Å²) in [5, 5.41) is 11.5. The molecule has 2 N–H and O–H groups in total. The average Bonchev–Trinajstić information content (AvgIpc) is 3.41. The molecule has 3 rings (SSSR count). The third-order valence-electron chi connectivity index (χ3n) is 4.30. The highest BCUT2D eigenvalue weighted by Gasteiger charge is 2.51. The van der Waals surface area contributed by atoms with Gasteiger partial charge in [0.1, 0.15) is 11.6 Å². The first kappa shape index (κ1) is 17.0. The van der Waals surface area contributed by atoms with E-state index in [1.165, 1.54) is 12.1 Å². The van der Waals surface area contributed by atoms with Gasteiger partial charge in [0.15, 0.2) is 6.61 Å². The zero-order valence-electron chi connectivity index (χ0n) is 13.5. The summed E-state index contributed by atoms with van der Waals surface area (Å²) in [5.41, 5.74) is 1.07. The Morgan fingerprint density at radius 3 is 2.52 bits per heavy atom. The van der Waals surface area contributed by atoms with Gasteiger partial charge in [-0.05, 0) is 48.2 Å². The average molecular weight is 343 g/mol. The van der Waals surface area contributed by atoms with Gasteiger partial charge in [-0.3, -0.25) is 4.79 Å². The summed E-state index contributed by atoms with van der Waals surface area (Å²) in [6.45, 7) is -0.102. The minimum absolute atomic E-state index is 0.0871. The van der Waals surface area contributed by atoms with Crippen molar-refractivity contribution in [3.63, 3.8) is 0 Å². The molecule has 0 radical (unpaired) electrons. The first-order chi connectivity index (χ1) is 12.0. The maximum Gasteiger partial charge on any atom is 0.341 e. The summed E-state index contributed by atoms with van der Waals surface area (Å²) in [4.78, 5) is 23.1. The third-order valence-corrected chi connectivity index (χ3v) is 4.30. The van der Waals surface area contributed by atoms with Crippen LogP contribution in [-0.2, 0) is 21.5 Å². The van der Waals surface area contributed by atoms with Gasteiger partial charge in [-0.25, -0.2) is 9.18 Å². The van der Waals surface area contributed by atoms with E-state index in [4.69, 9.17) is 9.84 Å². The first-order valence-electron chi connectivity index (χ1n) is 7.97. The predicted molar refractivity (Wildman–Crippen MR) is 88.7 cm³/mol. The number of amides is 1. The number of hydrogen-bond donors (Lipinski definition) is 2. The second-order valence-corrected chi connectivity index (χ2v) is 6.10. The van der Waals surface area contributed by atoms with Crippen LogP contribution >= 0.6 is 0 Å². The van der Waals surface area contributed by atoms with Gasteiger partial charge in [-0.2, -0.15) is 0 Å². The Labute approximate surface area is 144 Å². The van der Waals surface area contributed by atoms with Crippen molar-refractivity contribution in [2.45, 2.75) is 24.8 Å². The van der Waals surface area contributed by atoms with Gasteiger partial charge in [0.2, 0.25) is 5.91 Å². The molecule has 1 amide bonds. The molecule has 2 aromatic carbocycles. The van der Waals surface area contributed by atoms with Crippen LogP contribution in [0.4, 0.5) is 4.39 Å². The number of nitrogens with one attached hydrogen (secondary N) is 1. The molecular weight excluding hydrogens is 325 g/mol. The number of benzene rings is 2. The van der Waals surface area contributed by atoms with Crippen LogP contribution in [0.1, 0.15) is 24.0 Å². The summed E-state index contributed by atoms with van der Waals surface area (Å²) in [6.07, 6.45) is 1.48. The Balaban J connectivity index is 1.62. The zero-order chi connectivity index (χ0) is 17.9. The van der Waals surface area contributed by atoms with Crippen LogP contribution in [-0.4, -0.2) is 23.6 Å². The topological polar surface area (TPSA) is 75.6 Å². The van der Waals surface area contributed by atoms with Gasteiger partial charge in [-0.15, -0.1) is 0 Å². The maximum atomic E-state index is 13.1.